The van der Waals surface area contributed by atoms with Crippen molar-refractivity contribution in [3.05, 3.63) is 108 Å². The quantitative estimate of drug-likeness (QED) is 0.124. The Labute approximate surface area is 216 Å². The monoisotopic (exact) mass is 487 g/mol. The molecule has 188 valence electrons. The van der Waals surface area contributed by atoms with Crippen LogP contribution in [-0.2, 0) is 18.5 Å². The highest BCUT2D eigenvalue weighted by Gasteiger charge is 2.37. The fraction of sp³-hybridized carbons (Fsp3) is 0.471. The van der Waals surface area contributed by atoms with Gasteiger partial charge in [0, 0.05) is 7.26 Å². The lowest BCUT2D eigenvalue weighted by Crippen LogP contribution is -2.09. The second kappa shape index (κ2) is 16.7. The zero-order valence-electron chi connectivity index (χ0n) is 22.2. The molecule has 0 aliphatic carbocycles. The molecule has 0 atom stereocenters. The molecule has 35 heavy (non-hydrogen) atoms. The summed E-state index contributed by atoms with van der Waals surface area (Å²) < 4.78 is 0. The van der Waals surface area contributed by atoms with Crippen molar-refractivity contribution >= 4 is 7.26 Å². The molecule has 0 N–H and O–H groups in total. The number of rotatable bonds is 18. The van der Waals surface area contributed by atoms with E-state index >= 15 is 0 Å². The second-order valence-corrected chi connectivity index (χ2v) is 14.6. The maximum absolute atomic E-state index is 2.35. The van der Waals surface area contributed by atoms with Gasteiger partial charge in [0.15, 0.2) is 0 Å². The van der Waals surface area contributed by atoms with E-state index in [2.05, 4.69) is 97.9 Å². The van der Waals surface area contributed by atoms with Gasteiger partial charge in [-0.3, -0.25) is 0 Å². The minimum atomic E-state index is -1.24. The van der Waals surface area contributed by atoms with Gasteiger partial charge in [-0.1, -0.05) is 156 Å². The predicted octanol–water partition coefficient (Wildman–Crippen LogP) is 10.9. The van der Waals surface area contributed by atoms with Crippen LogP contribution in [0.4, 0.5) is 0 Å². The summed E-state index contributed by atoms with van der Waals surface area (Å²) in [6.45, 7) is 2.30. The van der Waals surface area contributed by atoms with Crippen molar-refractivity contribution < 1.29 is 0 Å². The highest BCUT2D eigenvalue weighted by atomic mass is 31.2. The standard InChI is InChI=1S/C34H48P/c1-2-3-4-5-6-7-8-9-10-11-21-28-35(29-32-22-15-12-16-23-32,30-33-24-17-13-18-25-33)31-34-26-19-14-20-27-34/h12-20,22-27H,2-11,21,28-31H2,1H3/q+1. The van der Waals surface area contributed by atoms with Gasteiger partial charge in [0.1, 0.15) is 0 Å². The first kappa shape index (κ1) is 27.7. The molecular weight excluding hydrogens is 439 g/mol. The van der Waals surface area contributed by atoms with E-state index in [1.807, 2.05) is 0 Å². The largest absolute Gasteiger partial charge is 0.0849 e. The molecule has 0 saturated heterocycles. The summed E-state index contributed by atoms with van der Waals surface area (Å²) in [7, 11) is -1.24. The van der Waals surface area contributed by atoms with E-state index in [1.165, 1.54) is 112 Å². The molecule has 0 aromatic heterocycles. The Morgan fingerprint density at radius 2 is 0.714 bits per heavy atom. The highest BCUT2D eigenvalue weighted by Crippen LogP contribution is 2.67. The van der Waals surface area contributed by atoms with Gasteiger partial charge in [-0.2, -0.15) is 0 Å². The van der Waals surface area contributed by atoms with Crippen molar-refractivity contribution in [2.24, 2.45) is 0 Å². The lowest BCUT2D eigenvalue weighted by Gasteiger charge is -2.29. The Morgan fingerprint density at radius 1 is 0.400 bits per heavy atom. The first-order valence-corrected chi connectivity index (χ1v) is 16.8. The van der Waals surface area contributed by atoms with E-state index in [0.717, 1.165) is 0 Å². The van der Waals surface area contributed by atoms with Crippen molar-refractivity contribution in [3.63, 3.8) is 0 Å². The lowest BCUT2D eigenvalue weighted by molar-refractivity contribution is 0.554. The third-order valence-electron chi connectivity index (χ3n) is 7.32. The molecule has 0 aliphatic heterocycles. The summed E-state index contributed by atoms with van der Waals surface area (Å²) in [5.74, 6) is 0. The van der Waals surface area contributed by atoms with Crippen molar-refractivity contribution in [1.29, 1.82) is 0 Å². The zero-order valence-corrected chi connectivity index (χ0v) is 23.1. The molecule has 0 saturated carbocycles. The highest BCUT2D eigenvalue weighted by molar-refractivity contribution is 7.73. The summed E-state index contributed by atoms with van der Waals surface area (Å²) in [6.07, 6.45) is 20.8. The fourth-order valence-electron chi connectivity index (χ4n) is 5.43. The summed E-state index contributed by atoms with van der Waals surface area (Å²) in [6, 6.07) is 33.9. The van der Waals surface area contributed by atoms with Crippen LogP contribution in [0.2, 0.25) is 0 Å². The molecule has 1 heteroatoms. The normalized spacial score (nSPS) is 11.6. The van der Waals surface area contributed by atoms with E-state index in [9.17, 15) is 0 Å². The smallest absolute Gasteiger partial charge is 0.0654 e. The number of unbranched alkanes of at least 4 members (excludes halogenated alkanes) is 10. The average molecular weight is 488 g/mol. The van der Waals surface area contributed by atoms with E-state index in [0.29, 0.717) is 0 Å². The first-order valence-electron chi connectivity index (χ1n) is 14.3. The van der Waals surface area contributed by atoms with Gasteiger partial charge < -0.3 is 0 Å². The van der Waals surface area contributed by atoms with Crippen LogP contribution in [0, 0.1) is 0 Å². The molecule has 3 aromatic rings. The van der Waals surface area contributed by atoms with Gasteiger partial charge in [-0.05, 0) is 29.5 Å². The van der Waals surface area contributed by atoms with Crippen molar-refractivity contribution in [1.82, 2.24) is 0 Å². The van der Waals surface area contributed by atoms with Gasteiger partial charge in [0.25, 0.3) is 0 Å². The fourth-order valence-corrected chi connectivity index (χ4v) is 10.1. The van der Waals surface area contributed by atoms with E-state index < -0.39 is 7.26 Å². The van der Waals surface area contributed by atoms with Crippen LogP contribution < -0.4 is 0 Å². The molecule has 0 unspecified atom stereocenters. The molecule has 0 amide bonds. The minimum absolute atomic E-state index is 1.24. The minimum Gasteiger partial charge on any atom is -0.0654 e. The van der Waals surface area contributed by atoms with Gasteiger partial charge in [0.2, 0.25) is 0 Å². The van der Waals surface area contributed by atoms with E-state index in [1.54, 1.807) is 0 Å². The van der Waals surface area contributed by atoms with Crippen LogP contribution in [0.5, 0.6) is 0 Å². The summed E-state index contributed by atoms with van der Waals surface area (Å²) in [4.78, 5) is 0. The molecule has 0 aliphatic rings. The molecule has 0 radical (unpaired) electrons. The van der Waals surface area contributed by atoms with E-state index in [4.69, 9.17) is 0 Å². The molecule has 3 aromatic carbocycles. The molecule has 0 heterocycles. The maximum Gasteiger partial charge on any atom is 0.0849 e. The molecule has 0 fully saturated rings. The van der Waals surface area contributed by atoms with Crippen LogP contribution in [0.25, 0.3) is 0 Å². The lowest BCUT2D eigenvalue weighted by atomic mass is 10.1. The molecule has 0 spiro atoms. The van der Waals surface area contributed by atoms with Crippen LogP contribution in [-0.4, -0.2) is 6.16 Å². The first-order chi connectivity index (χ1) is 17.3. The Kier molecular flexibility index (Phi) is 13.2. The third-order valence-corrected chi connectivity index (χ3v) is 11.7. The Hall–Kier alpha value is -1.91. The van der Waals surface area contributed by atoms with Crippen LogP contribution in [0.15, 0.2) is 91.0 Å². The average Bonchev–Trinajstić information content (AvgIpc) is 2.89. The van der Waals surface area contributed by atoms with Crippen molar-refractivity contribution in [2.75, 3.05) is 6.16 Å². The SMILES string of the molecule is CCCCCCCCCCCCC[P+](Cc1ccccc1)(Cc1ccccc1)Cc1ccccc1. The Balaban J connectivity index is 1.60. The molecule has 3 rings (SSSR count). The summed E-state index contributed by atoms with van der Waals surface area (Å²) in [5.41, 5.74) is 4.57. The number of hydrogen-bond donors (Lipinski definition) is 0. The van der Waals surface area contributed by atoms with Gasteiger partial charge in [0.05, 0.1) is 24.6 Å². The summed E-state index contributed by atoms with van der Waals surface area (Å²) >= 11 is 0. The third kappa shape index (κ3) is 11.1. The Morgan fingerprint density at radius 3 is 1.06 bits per heavy atom. The Bertz CT molecular complexity index is 786. The van der Waals surface area contributed by atoms with Gasteiger partial charge >= 0.3 is 0 Å². The van der Waals surface area contributed by atoms with Crippen molar-refractivity contribution in [2.45, 2.75) is 96.0 Å². The van der Waals surface area contributed by atoms with Gasteiger partial charge in [-0.15, -0.1) is 0 Å². The van der Waals surface area contributed by atoms with Crippen LogP contribution in [0.1, 0.15) is 94.2 Å². The summed E-state index contributed by atoms with van der Waals surface area (Å²) in [5, 5.41) is 0. The molecule has 0 nitrogen and oxygen atoms in total. The van der Waals surface area contributed by atoms with Crippen molar-refractivity contribution in [3.8, 4) is 0 Å². The number of benzene rings is 3. The van der Waals surface area contributed by atoms with Gasteiger partial charge in [-0.25, -0.2) is 0 Å². The van der Waals surface area contributed by atoms with Crippen LogP contribution >= 0.6 is 7.26 Å². The second-order valence-electron chi connectivity index (χ2n) is 10.5. The maximum atomic E-state index is 2.35. The van der Waals surface area contributed by atoms with Crippen LogP contribution in [0.3, 0.4) is 0 Å². The zero-order chi connectivity index (χ0) is 24.4. The van der Waals surface area contributed by atoms with E-state index in [-0.39, 0.29) is 0 Å². The topological polar surface area (TPSA) is 0 Å². The molecular formula is C34H48P+. The molecule has 0 bridgehead atoms. The number of hydrogen-bond acceptors (Lipinski definition) is 0. The predicted molar refractivity (Wildman–Crippen MR) is 159 cm³/mol.